The number of benzene rings is 1. The van der Waals surface area contributed by atoms with Gasteiger partial charge in [0.2, 0.25) is 15.9 Å². The third-order valence-electron chi connectivity index (χ3n) is 3.51. The van der Waals surface area contributed by atoms with Gasteiger partial charge >= 0.3 is 0 Å². The highest BCUT2D eigenvalue weighted by Crippen LogP contribution is 2.35. The van der Waals surface area contributed by atoms with Crippen molar-refractivity contribution in [1.82, 2.24) is 0 Å². The molecule has 2 aliphatic rings. The Morgan fingerprint density at radius 2 is 1.95 bits per heavy atom. The Morgan fingerprint density at radius 3 is 2.67 bits per heavy atom. The molecule has 1 fully saturated rings. The second kappa shape index (κ2) is 5.19. The SMILES string of the molecule is NS(=O)(=O)CC1CC(=O)N(c2ccc3c(c2)OCCO3)C1. The molecule has 1 saturated heterocycles. The molecule has 0 aliphatic carbocycles. The van der Waals surface area contributed by atoms with Gasteiger partial charge in [-0.3, -0.25) is 4.79 Å². The number of hydrogen-bond acceptors (Lipinski definition) is 5. The van der Waals surface area contributed by atoms with Crippen molar-refractivity contribution in [1.29, 1.82) is 0 Å². The number of hydrogen-bond donors (Lipinski definition) is 1. The summed E-state index contributed by atoms with van der Waals surface area (Å²) < 4.78 is 33.2. The zero-order chi connectivity index (χ0) is 15.0. The van der Waals surface area contributed by atoms with Gasteiger partial charge in [-0.15, -0.1) is 0 Å². The van der Waals surface area contributed by atoms with Crippen molar-refractivity contribution in [2.24, 2.45) is 11.1 Å². The van der Waals surface area contributed by atoms with Crippen molar-refractivity contribution >= 4 is 21.6 Å². The maximum atomic E-state index is 12.1. The first-order valence-corrected chi connectivity index (χ1v) is 8.34. The zero-order valence-corrected chi connectivity index (χ0v) is 12.1. The Labute approximate surface area is 122 Å². The maximum Gasteiger partial charge on any atom is 0.227 e. The van der Waals surface area contributed by atoms with Crippen molar-refractivity contribution in [2.45, 2.75) is 6.42 Å². The first-order chi connectivity index (χ1) is 9.92. The number of nitrogens with zero attached hydrogens (tertiary/aromatic N) is 1. The summed E-state index contributed by atoms with van der Waals surface area (Å²) in [6.07, 6.45) is 0.185. The van der Waals surface area contributed by atoms with E-state index in [4.69, 9.17) is 14.6 Å². The molecular weight excluding hydrogens is 296 g/mol. The fraction of sp³-hybridized carbons (Fsp3) is 0.462. The normalized spacial score (nSPS) is 21.7. The predicted octanol–water partition coefficient (Wildman–Crippen LogP) is 0.0992. The maximum absolute atomic E-state index is 12.1. The minimum Gasteiger partial charge on any atom is -0.486 e. The van der Waals surface area contributed by atoms with Crippen LogP contribution in [0.5, 0.6) is 11.5 Å². The quantitative estimate of drug-likeness (QED) is 0.853. The fourth-order valence-electron chi connectivity index (χ4n) is 2.67. The van der Waals surface area contributed by atoms with Crippen LogP contribution in [-0.2, 0) is 14.8 Å². The molecule has 2 N–H and O–H groups in total. The van der Waals surface area contributed by atoms with Crippen LogP contribution in [-0.4, -0.2) is 39.8 Å². The Hall–Kier alpha value is -1.80. The van der Waals surface area contributed by atoms with E-state index in [9.17, 15) is 13.2 Å². The van der Waals surface area contributed by atoms with Crippen LogP contribution in [0.3, 0.4) is 0 Å². The van der Waals surface area contributed by atoms with E-state index >= 15 is 0 Å². The Balaban J connectivity index is 1.79. The van der Waals surface area contributed by atoms with Crippen molar-refractivity contribution < 1.29 is 22.7 Å². The summed E-state index contributed by atoms with van der Waals surface area (Å²) in [4.78, 5) is 13.6. The molecule has 8 heteroatoms. The summed E-state index contributed by atoms with van der Waals surface area (Å²) >= 11 is 0. The van der Waals surface area contributed by atoms with E-state index in [0.717, 1.165) is 0 Å². The molecule has 7 nitrogen and oxygen atoms in total. The van der Waals surface area contributed by atoms with Gasteiger partial charge in [-0.05, 0) is 12.1 Å². The number of carbonyl (C=O) groups excluding carboxylic acids is 1. The largest absolute Gasteiger partial charge is 0.486 e. The first-order valence-electron chi connectivity index (χ1n) is 6.63. The van der Waals surface area contributed by atoms with E-state index in [-0.39, 0.29) is 24.0 Å². The standard InChI is InChI=1S/C13H16N2O5S/c14-21(17,18)8-9-5-13(16)15(7-9)10-1-2-11-12(6-10)20-4-3-19-11/h1-2,6,9H,3-5,7-8H2,(H2,14,17,18). The molecule has 114 valence electrons. The van der Waals surface area contributed by atoms with Gasteiger partial charge in [-0.1, -0.05) is 0 Å². The number of fused-ring (bicyclic) bond motifs is 1. The minimum absolute atomic E-state index is 0.111. The van der Waals surface area contributed by atoms with Gasteiger partial charge in [-0.2, -0.15) is 0 Å². The van der Waals surface area contributed by atoms with Crippen LogP contribution >= 0.6 is 0 Å². The van der Waals surface area contributed by atoms with Crippen molar-refractivity contribution in [3.63, 3.8) is 0 Å². The molecule has 0 aromatic heterocycles. The molecule has 1 aromatic rings. The summed E-state index contributed by atoms with van der Waals surface area (Å²) in [5.41, 5.74) is 0.682. The monoisotopic (exact) mass is 312 g/mol. The van der Waals surface area contributed by atoms with Crippen LogP contribution < -0.4 is 19.5 Å². The van der Waals surface area contributed by atoms with E-state index in [0.29, 0.717) is 36.9 Å². The fourth-order valence-corrected chi connectivity index (χ4v) is 3.55. The van der Waals surface area contributed by atoms with Crippen LogP contribution in [0.1, 0.15) is 6.42 Å². The summed E-state index contributed by atoms with van der Waals surface area (Å²) in [5, 5.41) is 5.04. The molecule has 1 atom stereocenters. The van der Waals surface area contributed by atoms with Crippen molar-refractivity contribution in [3.8, 4) is 11.5 Å². The number of rotatable bonds is 3. The highest BCUT2D eigenvalue weighted by molar-refractivity contribution is 7.89. The van der Waals surface area contributed by atoms with Gasteiger partial charge in [0.15, 0.2) is 11.5 Å². The van der Waals surface area contributed by atoms with Crippen molar-refractivity contribution in [2.75, 3.05) is 30.4 Å². The number of anilines is 1. The number of primary sulfonamides is 1. The molecule has 2 heterocycles. The molecule has 0 spiro atoms. The van der Waals surface area contributed by atoms with E-state index in [1.807, 2.05) is 0 Å². The zero-order valence-electron chi connectivity index (χ0n) is 11.3. The minimum atomic E-state index is -3.57. The lowest BCUT2D eigenvalue weighted by molar-refractivity contribution is -0.117. The number of nitrogens with two attached hydrogens (primary N) is 1. The average Bonchev–Trinajstić information content (AvgIpc) is 2.76. The number of carbonyl (C=O) groups is 1. The lowest BCUT2D eigenvalue weighted by Crippen LogP contribution is -2.27. The topological polar surface area (TPSA) is 98.9 Å². The number of sulfonamides is 1. The second-order valence-electron chi connectivity index (χ2n) is 5.23. The molecule has 1 aromatic carbocycles. The van der Waals surface area contributed by atoms with Crippen LogP contribution in [0.25, 0.3) is 0 Å². The third-order valence-corrected chi connectivity index (χ3v) is 4.45. The summed E-state index contributed by atoms with van der Waals surface area (Å²) in [7, 11) is -3.57. The molecule has 2 aliphatic heterocycles. The van der Waals surface area contributed by atoms with E-state index in [1.54, 1.807) is 23.1 Å². The summed E-state index contributed by atoms with van der Waals surface area (Å²) in [5.74, 6) is 0.681. The Bertz CT molecular complexity index is 673. The highest BCUT2D eigenvalue weighted by atomic mass is 32.2. The van der Waals surface area contributed by atoms with Gasteiger partial charge in [0.05, 0.1) is 5.75 Å². The van der Waals surface area contributed by atoms with E-state index < -0.39 is 10.0 Å². The van der Waals surface area contributed by atoms with Gasteiger partial charge in [0, 0.05) is 30.6 Å². The van der Waals surface area contributed by atoms with Gasteiger partial charge in [0.25, 0.3) is 0 Å². The average molecular weight is 312 g/mol. The Kier molecular flexibility index (Phi) is 3.50. The van der Waals surface area contributed by atoms with E-state index in [1.165, 1.54) is 0 Å². The molecule has 3 rings (SSSR count). The number of amides is 1. The lowest BCUT2D eigenvalue weighted by atomic mass is 10.1. The molecule has 1 unspecified atom stereocenters. The molecule has 21 heavy (non-hydrogen) atoms. The second-order valence-corrected chi connectivity index (χ2v) is 6.89. The van der Waals surface area contributed by atoms with Crippen LogP contribution in [0.2, 0.25) is 0 Å². The highest BCUT2D eigenvalue weighted by Gasteiger charge is 2.33. The van der Waals surface area contributed by atoms with Crippen LogP contribution in [0.4, 0.5) is 5.69 Å². The molecular formula is C13H16N2O5S. The Morgan fingerprint density at radius 1 is 1.24 bits per heavy atom. The lowest BCUT2D eigenvalue weighted by Gasteiger charge is -2.22. The smallest absolute Gasteiger partial charge is 0.227 e. The molecule has 1 amide bonds. The molecule has 0 bridgehead atoms. The van der Waals surface area contributed by atoms with Gasteiger partial charge in [-0.25, -0.2) is 13.6 Å². The number of ether oxygens (including phenoxy) is 2. The van der Waals surface area contributed by atoms with Gasteiger partial charge < -0.3 is 14.4 Å². The summed E-state index contributed by atoms with van der Waals surface area (Å²) in [6.45, 7) is 1.32. The van der Waals surface area contributed by atoms with Crippen LogP contribution in [0, 0.1) is 5.92 Å². The van der Waals surface area contributed by atoms with Crippen molar-refractivity contribution in [3.05, 3.63) is 18.2 Å². The first kappa shape index (κ1) is 14.2. The third kappa shape index (κ3) is 3.11. The predicted molar refractivity (Wildman–Crippen MR) is 75.9 cm³/mol. The van der Waals surface area contributed by atoms with Gasteiger partial charge in [0.1, 0.15) is 13.2 Å². The summed E-state index contributed by atoms with van der Waals surface area (Å²) in [6, 6.07) is 5.26. The van der Waals surface area contributed by atoms with Crippen LogP contribution in [0.15, 0.2) is 18.2 Å². The molecule has 0 radical (unpaired) electrons. The van der Waals surface area contributed by atoms with E-state index in [2.05, 4.69) is 0 Å². The molecule has 0 saturated carbocycles.